The molecule has 0 bridgehead atoms. The number of hydrogen-bond acceptors (Lipinski definition) is 3. The fourth-order valence-electron chi connectivity index (χ4n) is 1.65. The maximum atomic E-state index is 8.87. The number of fused-ring (bicyclic) bond motifs is 1. The minimum atomic E-state index is -0.153. The lowest BCUT2D eigenvalue weighted by atomic mass is 9.95. The number of hydrogen-bond donors (Lipinski definition) is 1. The highest BCUT2D eigenvalue weighted by Gasteiger charge is 2.19. The van der Waals surface area contributed by atoms with Gasteiger partial charge in [0, 0.05) is 0 Å². The third-order valence-electron chi connectivity index (χ3n) is 2.24. The molecule has 2 rings (SSSR count). The zero-order chi connectivity index (χ0) is 9.26. The fraction of sp³-hybridized carbons (Fsp3) is 0.300. The highest BCUT2D eigenvalue weighted by Crippen LogP contribution is 2.25. The van der Waals surface area contributed by atoms with E-state index >= 15 is 0 Å². The Hall–Kier alpha value is -1.37. The minimum Gasteiger partial charge on any atom is -0.375 e. The second-order valence-corrected chi connectivity index (χ2v) is 3.11. The molecule has 0 spiro atoms. The molecule has 1 aromatic carbocycles. The predicted octanol–water partition coefficient (Wildman–Crippen LogP) is 1.09. The molecule has 0 saturated heterocycles. The van der Waals surface area contributed by atoms with Crippen molar-refractivity contribution >= 4 is 0 Å². The Morgan fingerprint density at radius 3 is 3.15 bits per heavy atom. The normalized spacial score (nSPS) is 20.5. The molecule has 3 heteroatoms. The van der Waals surface area contributed by atoms with Crippen molar-refractivity contribution in [3.05, 3.63) is 34.9 Å². The monoisotopic (exact) mass is 174 g/mol. The first-order valence-electron chi connectivity index (χ1n) is 4.18. The third kappa shape index (κ3) is 1.31. The number of nitrogens with zero attached hydrogens (tertiary/aromatic N) is 1. The lowest BCUT2D eigenvalue weighted by Gasteiger charge is -2.23. The maximum absolute atomic E-state index is 8.87. The molecule has 2 N–H and O–H groups in total. The van der Waals surface area contributed by atoms with Crippen molar-refractivity contribution in [3.63, 3.8) is 0 Å². The molecule has 1 unspecified atom stereocenters. The standard InChI is InChI=1S/C10H10N2O/c11-4-7-2-1-3-8-5-13-6-9(12)10(7)8/h1-3,9H,5-6,12H2. The molecule has 1 atom stereocenters. The van der Waals surface area contributed by atoms with Crippen molar-refractivity contribution < 1.29 is 4.74 Å². The van der Waals surface area contributed by atoms with Gasteiger partial charge in [-0.25, -0.2) is 0 Å². The van der Waals surface area contributed by atoms with Gasteiger partial charge in [0.15, 0.2) is 0 Å². The van der Waals surface area contributed by atoms with Gasteiger partial charge in [-0.15, -0.1) is 0 Å². The molecular formula is C10H10N2O. The molecule has 0 aromatic heterocycles. The molecule has 13 heavy (non-hydrogen) atoms. The Morgan fingerprint density at radius 1 is 1.54 bits per heavy atom. The van der Waals surface area contributed by atoms with Crippen molar-refractivity contribution in [2.24, 2.45) is 5.73 Å². The second-order valence-electron chi connectivity index (χ2n) is 3.11. The number of benzene rings is 1. The average Bonchev–Trinajstić information content (AvgIpc) is 2.17. The molecule has 66 valence electrons. The first-order valence-corrected chi connectivity index (χ1v) is 4.18. The summed E-state index contributed by atoms with van der Waals surface area (Å²) in [7, 11) is 0. The fourth-order valence-corrected chi connectivity index (χ4v) is 1.65. The van der Waals surface area contributed by atoms with Crippen molar-refractivity contribution in [1.29, 1.82) is 5.26 Å². The molecule has 1 aliphatic heterocycles. The van der Waals surface area contributed by atoms with E-state index in [1.165, 1.54) is 0 Å². The first kappa shape index (κ1) is 8.24. The van der Waals surface area contributed by atoms with Crippen molar-refractivity contribution in [1.82, 2.24) is 0 Å². The Labute approximate surface area is 76.7 Å². The Kier molecular flexibility index (Phi) is 2.01. The van der Waals surface area contributed by atoms with Crippen LogP contribution >= 0.6 is 0 Å². The predicted molar refractivity (Wildman–Crippen MR) is 47.7 cm³/mol. The second kappa shape index (κ2) is 3.17. The van der Waals surface area contributed by atoms with Crippen LogP contribution in [0, 0.1) is 11.3 Å². The van der Waals surface area contributed by atoms with Gasteiger partial charge in [-0.05, 0) is 17.2 Å². The van der Waals surface area contributed by atoms with Gasteiger partial charge in [0.05, 0.1) is 30.9 Å². The highest BCUT2D eigenvalue weighted by molar-refractivity contribution is 5.45. The van der Waals surface area contributed by atoms with Gasteiger partial charge in [-0.1, -0.05) is 12.1 Å². The van der Waals surface area contributed by atoms with Crippen molar-refractivity contribution in [2.45, 2.75) is 12.6 Å². The molecule has 0 saturated carbocycles. The number of rotatable bonds is 0. The van der Waals surface area contributed by atoms with Gasteiger partial charge in [0.2, 0.25) is 0 Å². The van der Waals surface area contributed by atoms with E-state index < -0.39 is 0 Å². The quantitative estimate of drug-likeness (QED) is 0.640. The number of ether oxygens (including phenoxy) is 1. The maximum Gasteiger partial charge on any atom is 0.0995 e. The molecule has 1 aromatic rings. The lowest BCUT2D eigenvalue weighted by molar-refractivity contribution is 0.0923. The van der Waals surface area contributed by atoms with E-state index in [0.717, 1.165) is 11.1 Å². The SMILES string of the molecule is N#Cc1cccc2c1C(N)COC2. The largest absolute Gasteiger partial charge is 0.375 e. The summed E-state index contributed by atoms with van der Waals surface area (Å²) < 4.78 is 5.27. The summed E-state index contributed by atoms with van der Waals surface area (Å²) in [5.74, 6) is 0. The van der Waals surface area contributed by atoms with Crippen LogP contribution in [0.1, 0.15) is 22.7 Å². The smallest absolute Gasteiger partial charge is 0.0995 e. The molecule has 0 radical (unpaired) electrons. The van der Waals surface area contributed by atoms with Crippen LogP contribution in [0.3, 0.4) is 0 Å². The van der Waals surface area contributed by atoms with Crippen molar-refractivity contribution in [2.75, 3.05) is 6.61 Å². The average molecular weight is 174 g/mol. The van der Waals surface area contributed by atoms with Crippen LogP contribution in [0.2, 0.25) is 0 Å². The summed E-state index contributed by atoms with van der Waals surface area (Å²) in [5, 5.41) is 8.87. The van der Waals surface area contributed by atoms with E-state index in [1.54, 1.807) is 6.07 Å². The molecule has 0 fully saturated rings. The van der Waals surface area contributed by atoms with E-state index in [4.69, 9.17) is 15.7 Å². The minimum absolute atomic E-state index is 0.153. The van der Waals surface area contributed by atoms with Gasteiger partial charge in [-0.3, -0.25) is 0 Å². The van der Waals surface area contributed by atoms with Crippen LogP contribution in [-0.4, -0.2) is 6.61 Å². The summed E-state index contributed by atoms with van der Waals surface area (Å²) in [5.41, 5.74) is 8.52. The Bertz CT molecular complexity index is 368. The highest BCUT2D eigenvalue weighted by atomic mass is 16.5. The van der Waals surface area contributed by atoms with E-state index in [2.05, 4.69) is 6.07 Å². The van der Waals surface area contributed by atoms with Crippen LogP contribution in [0.15, 0.2) is 18.2 Å². The van der Waals surface area contributed by atoms with Crippen LogP contribution in [-0.2, 0) is 11.3 Å². The van der Waals surface area contributed by atoms with E-state index in [9.17, 15) is 0 Å². The molecule has 1 heterocycles. The van der Waals surface area contributed by atoms with Gasteiger partial charge in [0.1, 0.15) is 0 Å². The van der Waals surface area contributed by atoms with Gasteiger partial charge >= 0.3 is 0 Å². The summed E-state index contributed by atoms with van der Waals surface area (Å²) in [4.78, 5) is 0. The van der Waals surface area contributed by atoms with Crippen LogP contribution < -0.4 is 5.73 Å². The van der Waals surface area contributed by atoms with Crippen LogP contribution in [0.25, 0.3) is 0 Å². The first-order chi connectivity index (χ1) is 6.33. The van der Waals surface area contributed by atoms with E-state index in [1.807, 2.05) is 12.1 Å². The molecule has 3 nitrogen and oxygen atoms in total. The van der Waals surface area contributed by atoms with Crippen LogP contribution in [0.5, 0.6) is 0 Å². The van der Waals surface area contributed by atoms with E-state index in [-0.39, 0.29) is 6.04 Å². The Balaban J connectivity index is 2.58. The van der Waals surface area contributed by atoms with E-state index in [0.29, 0.717) is 18.8 Å². The van der Waals surface area contributed by atoms with Gasteiger partial charge < -0.3 is 10.5 Å². The molecule has 0 aliphatic carbocycles. The summed E-state index contributed by atoms with van der Waals surface area (Å²) in [6.45, 7) is 1.07. The molecule has 1 aliphatic rings. The molecule has 0 amide bonds. The zero-order valence-electron chi connectivity index (χ0n) is 7.16. The van der Waals surface area contributed by atoms with Crippen molar-refractivity contribution in [3.8, 4) is 6.07 Å². The zero-order valence-corrected chi connectivity index (χ0v) is 7.16. The topological polar surface area (TPSA) is 59.0 Å². The van der Waals surface area contributed by atoms with Gasteiger partial charge in [0.25, 0.3) is 0 Å². The lowest BCUT2D eigenvalue weighted by Crippen LogP contribution is -2.24. The summed E-state index contributed by atoms with van der Waals surface area (Å²) in [6, 6.07) is 7.61. The number of nitriles is 1. The van der Waals surface area contributed by atoms with Crippen LogP contribution in [0.4, 0.5) is 0 Å². The summed E-state index contributed by atoms with van der Waals surface area (Å²) in [6.07, 6.45) is 0. The number of nitrogens with two attached hydrogens (primary N) is 1. The Morgan fingerprint density at radius 2 is 2.38 bits per heavy atom. The molecular weight excluding hydrogens is 164 g/mol. The van der Waals surface area contributed by atoms with Gasteiger partial charge in [-0.2, -0.15) is 5.26 Å². The third-order valence-corrected chi connectivity index (χ3v) is 2.24. The summed E-state index contributed by atoms with van der Waals surface area (Å²) >= 11 is 0.